The van der Waals surface area contributed by atoms with E-state index in [1.807, 2.05) is 32.0 Å². The normalized spacial score (nSPS) is 10.4. The number of ether oxygens (including phenoxy) is 1. The molecule has 22 heavy (non-hydrogen) atoms. The van der Waals surface area contributed by atoms with Crippen molar-refractivity contribution in [2.45, 2.75) is 20.4 Å². The summed E-state index contributed by atoms with van der Waals surface area (Å²) in [7, 11) is 1.71. The van der Waals surface area contributed by atoms with Gasteiger partial charge in [-0.25, -0.2) is 4.39 Å². The molecule has 0 aromatic heterocycles. The van der Waals surface area contributed by atoms with Crippen LogP contribution in [0.1, 0.15) is 16.7 Å². The molecule has 0 spiro atoms. The smallest absolute Gasteiger partial charge is 0.260 e. The highest BCUT2D eigenvalue weighted by Gasteiger charge is 2.11. The number of rotatable bonds is 5. The molecule has 2 aromatic carbocycles. The first-order valence-corrected chi connectivity index (χ1v) is 7.15. The maximum Gasteiger partial charge on any atom is 0.260 e. The van der Waals surface area contributed by atoms with Crippen LogP contribution in [0.15, 0.2) is 42.5 Å². The summed E-state index contributed by atoms with van der Waals surface area (Å²) in [6, 6.07) is 11.9. The van der Waals surface area contributed by atoms with E-state index >= 15 is 0 Å². The Morgan fingerprint density at radius 1 is 1.14 bits per heavy atom. The molecule has 0 atom stereocenters. The van der Waals surface area contributed by atoms with E-state index in [9.17, 15) is 9.18 Å². The van der Waals surface area contributed by atoms with Crippen molar-refractivity contribution in [2.75, 3.05) is 13.7 Å². The number of halogens is 1. The zero-order chi connectivity index (χ0) is 16.1. The van der Waals surface area contributed by atoms with Crippen molar-refractivity contribution < 1.29 is 13.9 Å². The molecule has 4 heteroatoms. The van der Waals surface area contributed by atoms with Crippen molar-refractivity contribution in [3.8, 4) is 5.75 Å². The van der Waals surface area contributed by atoms with Crippen molar-refractivity contribution in [2.24, 2.45) is 0 Å². The molecular weight excluding hydrogens is 281 g/mol. The van der Waals surface area contributed by atoms with Gasteiger partial charge >= 0.3 is 0 Å². The van der Waals surface area contributed by atoms with Gasteiger partial charge in [-0.15, -0.1) is 0 Å². The van der Waals surface area contributed by atoms with E-state index < -0.39 is 0 Å². The van der Waals surface area contributed by atoms with Crippen LogP contribution in [-0.4, -0.2) is 24.5 Å². The number of aryl methyl sites for hydroxylation is 1. The lowest BCUT2D eigenvalue weighted by Crippen LogP contribution is -2.31. The van der Waals surface area contributed by atoms with E-state index in [0.29, 0.717) is 6.54 Å². The average Bonchev–Trinajstić information content (AvgIpc) is 2.50. The summed E-state index contributed by atoms with van der Waals surface area (Å²) in [5, 5.41) is 0. The minimum Gasteiger partial charge on any atom is -0.483 e. The second-order valence-corrected chi connectivity index (χ2v) is 5.36. The Kier molecular flexibility index (Phi) is 5.15. The summed E-state index contributed by atoms with van der Waals surface area (Å²) in [5.41, 5.74) is 3.05. The summed E-state index contributed by atoms with van der Waals surface area (Å²) >= 11 is 0. The standard InChI is InChI=1S/C18H20FNO2/c1-13-5-4-6-17(14(13)2)22-12-18(21)20(3)11-15-7-9-16(19)10-8-15/h4-10H,11-12H2,1-3H3. The Morgan fingerprint density at radius 2 is 1.82 bits per heavy atom. The van der Waals surface area contributed by atoms with Crippen LogP contribution in [0.25, 0.3) is 0 Å². The lowest BCUT2D eigenvalue weighted by atomic mass is 10.1. The van der Waals surface area contributed by atoms with Crippen LogP contribution in [0.3, 0.4) is 0 Å². The average molecular weight is 301 g/mol. The molecule has 3 nitrogen and oxygen atoms in total. The molecular formula is C18H20FNO2. The van der Waals surface area contributed by atoms with E-state index in [1.165, 1.54) is 12.1 Å². The van der Waals surface area contributed by atoms with Gasteiger partial charge in [-0.05, 0) is 48.7 Å². The van der Waals surface area contributed by atoms with Crippen molar-refractivity contribution in [3.63, 3.8) is 0 Å². The number of benzene rings is 2. The Morgan fingerprint density at radius 3 is 2.50 bits per heavy atom. The Bertz CT molecular complexity index is 653. The van der Waals surface area contributed by atoms with Crippen LogP contribution in [0, 0.1) is 19.7 Å². The van der Waals surface area contributed by atoms with Gasteiger partial charge in [0.05, 0.1) is 0 Å². The molecule has 116 valence electrons. The van der Waals surface area contributed by atoms with Gasteiger partial charge in [-0.3, -0.25) is 4.79 Å². The summed E-state index contributed by atoms with van der Waals surface area (Å²) in [4.78, 5) is 13.7. The molecule has 0 heterocycles. The van der Waals surface area contributed by atoms with Crippen LogP contribution < -0.4 is 4.74 Å². The number of hydrogen-bond donors (Lipinski definition) is 0. The molecule has 0 saturated heterocycles. The molecule has 0 saturated carbocycles. The van der Waals surface area contributed by atoms with Gasteiger partial charge in [-0.1, -0.05) is 24.3 Å². The monoisotopic (exact) mass is 301 g/mol. The molecule has 0 aliphatic heterocycles. The fraction of sp³-hybridized carbons (Fsp3) is 0.278. The first-order valence-electron chi connectivity index (χ1n) is 7.15. The van der Waals surface area contributed by atoms with E-state index in [0.717, 1.165) is 22.4 Å². The summed E-state index contributed by atoms with van der Waals surface area (Å²) in [6.45, 7) is 4.39. The highest BCUT2D eigenvalue weighted by Crippen LogP contribution is 2.20. The minimum absolute atomic E-state index is 0.0119. The van der Waals surface area contributed by atoms with Gasteiger partial charge in [0.25, 0.3) is 5.91 Å². The number of likely N-dealkylation sites (N-methyl/N-ethyl adjacent to an activating group) is 1. The van der Waals surface area contributed by atoms with Crippen LogP contribution in [0.5, 0.6) is 5.75 Å². The van der Waals surface area contributed by atoms with Crippen molar-refractivity contribution in [1.82, 2.24) is 4.90 Å². The van der Waals surface area contributed by atoms with Crippen LogP contribution >= 0.6 is 0 Å². The van der Waals surface area contributed by atoms with Crippen LogP contribution in [0.4, 0.5) is 4.39 Å². The largest absolute Gasteiger partial charge is 0.483 e. The maximum atomic E-state index is 12.9. The third kappa shape index (κ3) is 4.07. The highest BCUT2D eigenvalue weighted by molar-refractivity contribution is 5.77. The molecule has 0 aliphatic carbocycles. The van der Waals surface area contributed by atoms with Crippen LogP contribution in [-0.2, 0) is 11.3 Å². The van der Waals surface area contributed by atoms with E-state index in [-0.39, 0.29) is 18.3 Å². The quantitative estimate of drug-likeness (QED) is 0.846. The number of amides is 1. The van der Waals surface area contributed by atoms with E-state index in [1.54, 1.807) is 24.1 Å². The second-order valence-electron chi connectivity index (χ2n) is 5.36. The second kappa shape index (κ2) is 7.07. The zero-order valence-corrected chi connectivity index (χ0v) is 13.1. The predicted octanol–water partition coefficient (Wildman–Crippen LogP) is 3.48. The third-order valence-electron chi connectivity index (χ3n) is 3.66. The molecule has 0 unspecified atom stereocenters. The zero-order valence-electron chi connectivity index (χ0n) is 13.1. The Balaban J connectivity index is 1.91. The molecule has 0 aliphatic rings. The number of carbonyl (C=O) groups is 1. The Labute approximate surface area is 130 Å². The molecule has 1 amide bonds. The fourth-order valence-corrected chi connectivity index (χ4v) is 2.08. The van der Waals surface area contributed by atoms with Crippen molar-refractivity contribution >= 4 is 5.91 Å². The van der Waals surface area contributed by atoms with Gasteiger partial charge in [0.2, 0.25) is 0 Å². The highest BCUT2D eigenvalue weighted by atomic mass is 19.1. The molecule has 0 N–H and O–H groups in total. The summed E-state index contributed by atoms with van der Waals surface area (Å²) < 4.78 is 18.5. The molecule has 0 radical (unpaired) electrons. The fourth-order valence-electron chi connectivity index (χ4n) is 2.08. The van der Waals surface area contributed by atoms with Gasteiger partial charge in [0, 0.05) is 13.6 Å². The minimum atomic E-state index is -0.281. The SMILES string of the molecule is Cc1cccc(OCC(=O)N(C)Cc2ccc(F)cc2)c1C. The van der Waals surface area contributed by atoms with Gasteiger partial charge in [-0.2, -0.15) is 0 Å². The van der Waals surface area contributed by atoms with E-state index in [2.05, 4.69) is 0 Å². The van der Waals surface area contributed by atoms with Crippen molar-refractivity contribution in [3.05, 3.63) is 65.0 Å². The first kappa shape index (κ1) is 16.0. The van der Waals surface area contributed by atoms with Gasteiger partial charge < -0.3 is 9.64 Å². The van der Waals surface area contributed by atoms with Crippen LogP contribution in [0.2, 0.25) is 0 Å². The number of hydrogen-bond acceptors (Lipinski definition) is 2. The maximum absolute atomic E-state index is 12.9. The lowest BCUT2D eigenvalue weighted by Gasteiger charge is -2.18. The lowest BCUT2D eigenvalue weighted by molar-refractivity contribution is -0.132. The summed E-state index contributed by atoms with van der Waals surface area (Å²) in [6.07, 6.45) is 0. The van der Waals surface area contributed by atoms with Gasteiger partial charge in [0.15, 0.2) is 6.61 Å². The number of nitrogens with zero attached hydrogens (tertiary/aromatic N) is 1. The van der Waals surface area contributed by atoms with Crippen molar-refractivity contribution in [1.29, 1.82) is 0 Å². The molecule has 0 fully saturated rings. The molecule has 2 aromatic rings. The predicted molar refractivity (Wildman–Crippen MR) is 84.3 cm³/mol. The topological polar surface area (TPSA) is 29.5 Å². The molecule has 2 rings (SSSR count). The first-order chi connectivity index (χ1) is 10.5. The van der Waals surface area contributed by atoms with Gasteiger partial charge in [0.1, 0.15) is 11.6 Å². The Hall–Kier alpha value is -2.36. The van der Waals surface area contributed by atoms with E-state index in [4.69, 9.17) is 4.74 Å². The third-order valence-corrected chi connectivity index (χ3v) is 3.66. The summed E-state index contributed by atoms with van der Waals surface area (Å²) in [5.74, 6) is 0.324. The number of carbonyl (C=O) groups excluding carboxylic acids is 1. The molecule has 0 bridgehead atoms.